The first-order valence-electron chi connectivity index (χ1n) is 5.90. The first-order chi connectivity index (χ1) is 8.65. The lowest BCUT2D eigenvalue weighted by atomic mass is 10.3. The van der Waals surface area contributed by atoms with Crippen molar-refractivity contribution in [3.05, 3.63) is 6.20 Å². The standard InChI is InChI=1S/C11H18N6S/c1-7(2)14-9-8-6-13-17(5-4-12)10(8)16-11(15-9)18-3/h6-7H,4-5,12H2,1-3H3,(H,14,15,16). The SMILES string of the molecule is CSc1nc(NC(C)C)c2cnn(CCN)c2n1. The maximum atomic E-state index is 5.58. The maximum Gasteiger partial charge on any atom is 0.191 e. The lowest BCUT2D eigenvalue weighted by molar-refractivity contribution is 0.637. The summed E-state index contributed by atoms with van der Waals surface area (Å²) in [4.78, 5) is 8.99. The number of anilines is 1. The lowest BCUT2D eigenvalue weighted by Crippen LogP contribution is -2.13. The van der Waals surface area contributed by atoms with Crippen molar-refractivity contribution in [3.8, 4) is 0 Å². The minimum absolute atomic E-state index is 0.315. The van der Waals surface area contributed by atoms with Gasteiger partial charge in [-0.05, 0) is 20.1 Å². The summed E-state index contributed by atoms with van der Waals surface area (Å²) in [6.07, 6.45) is 3.75. The van der Waals surface area contributed by atoms with Gasteiger partial charge in [0.05, 0.1) is 18.1 Å². The summed E-state index contributed by atoms with van der Waals surface area (Å²) in [5.41, 5.74) is 6.41. The highest BCUT2D eigenvalue weighted by molar-refractivity contribution is 7.98. The van der Waals surface area contributed by atoms with Crippen molar-refractivity contribution in [2.75, 3.05) is 18.1 Å². The minimum Gasteiger partial charge on any atom is -0.367 e. The van der Waals surface area contributed by atoms with E-state index in [2.05, 4.69) is 34.2 Å². The van der Waals surface area contributed by atoms with Gasteiger partial charge in [-0.1, -0.05) is 11.8 Å². The molecule has 0 aliphatic carbocycles. The molecule has 0 fully saturated rings. The summed E-state index contributed by atoms with van der Waals surface area (Å²) < 4.78 is 1.82. The number of rotatable bonds is 5. The van der Waals surface area contributed by atoms with Gasteiger partial charge in [-0.3, -0.25) is 0 Å². The Morgan fingerprint density at radius 1 is 1.44 bits per heavy atom. The second-order valence-electron chi connectivity index (χ2n) is 4.25. The molecule has 18 heavy (non-hydrogen) atoms. The minimum atomic E-state index is 0.315. The summed E-state index contributed by atoms with van der Waals surface area (Å²) in [5.74, 6) is 0.836. The molecule has 2 rings (SSSR count). The van der Waals surface area contributed by atoms with Gasteiger partial charge in [0, 0.05) is 12.6 Å². The quantitative estimate of drug-likeness (QED) is 0.627. The molecule has 0 saturated heterocycles. The van der Waals surface area contributed by atoms with E-state index in [1.54, 1.807) is 6.20 Å². The van der Waals surface area contributed by atoms with Crippen LogP contribution in [0.15, 0.2) is 11.4 Å². The number of hydrogen-bond donors (Lipinski definition) is 2. The van der Waals surface area contributed by atoms with E-state index >= 15 is 0 Å². The van der Waals surface area contributed by atoms with Gasteiger partial charge in [0.2, 0.25) is 0 Å². The Morgan fingerprint density at radius 3 is 2.83 bits per heavy atom. The van der Waals surface area contributed by atoms with Gasteiger partial charge < -0.3 is 11.1 Å². The van der Waals surface area contributed by atoms with Gasteiger partial charge in [0.25, 0.3) is 0 Å². The molecular weight excluding hydrogens is 248 g/mol. The molecule has 0 radical (unpaired) electrons. The van der Waals surface area contributed by atoms with Gasteiger partial charge in [0.1, 0.15) is 5.82 Å². The van der Waals surface area contributed by atoms with Crippen LogP contribution in [-0.4, -0.2) is 38.6 Å². The van der Waals surface area contributed by atoms with E-state index in [9.17, 15) is 0 Å². The molecule has 0 aliphatic rings. The molecule has 2 heterocycles. The molecule has 0 atom stereocenters. The van der Waals surface area contributed by atoms with Crippen LogP contribution in [0.1, 0.15) is 13.8 Å². The van der Waals surface area contributed by atoms with Gasteiger partial charge in [0.15, 0.2) is 10.8 Å². The molecule has 2 aromatic rings. The van der Waals surface area contributed by atoms with E-state index in [4.69, 9.17) is 5.73 Å². The largest absolute Gasteiger partial charge is 0.367 e. The zero-order valence-electron chi connectivity index (χ0n) is 10.8. The fourth-order valence-corrected chi connectivity index (χ4v) is 2.06. The van der Waals surface area contributed by atoms with Crippen LogP contribution in [0.5, 0.6) is 0 Å². The summed E-state index contributed by atoms with van der Waals surface area (Å²) in [6.45, 7) is 5.37. The molecule has 0 amide bonds. The average molecular weight is 266 g/mol. The fourth-order valence-electron chi connectivity index (χ4n) is 1.70. The van der Waals surface area contributed by atoms with Crippen molar-refractivity contribution in [2.24, 2.45) is 5.73 Å². The Kier molecular flexibility index (Phi) is 4.03. The third-order valence-corrected chi connectivity index (χ3v) is 2.97. The van der Waals surface area contributed by atoms with E-state index in [-0.39, 0.29) is 0 Å². The third-order valence-electron chi connectivity index (χ3n) is 2.42. The highest BCUT2D eigenvalue weighted by Gasteiger charge is 2.12. The number of aromatic nitrogens is 4. The highest BCUT2D eigenvalue weighted by atomic mass is 32.2. The highest BCUT2D eigenvalue weighted by Crippen LogP contribution is 2.23. The summed E-state index contributed by atoms with van der Waals surface area (Å²) >= 11 is 1.52. The second-order valence-corrected chi connectivity index (χ2v) is 5.03. The van der Waals surface area contributed by atoms with Gasteiger partial charge >= 0.3 is 0 Å². The Hall–Kier alpha value is -1.34. The first kappa shape index (κ1) is 13.1. The molecule has 0 unspecified atom stereocenters. The molecule has 7 heteroatoms. The first-order valence-corrected chi connectivity index (χ1v) is 7.12. The predicted molar refractivity (Wildman–Crippen MR) is 74.9 cm³/mol. The van der Waals surface area contributed by atoms with E-state index in [0.717, 1.165) is 22.0 Å². The number of nitrogens with two attached hydrogens (primary N) is 1. The predicted octanol–water partition coefficient (Wildman–Crippen LogP) is 1.33. The van der Waals surface area contributed by atoms with Crippen LogP contribution in [0.4, 0.5) is 5.82 Å². The molecule has 3 N–H and O–H groups in total. The van der Waals surface area contributed by atoms with Crippen LogP contribution in [0.25, 0.3) is 11.0 Å². The zero-order valence-corrected chi connectivity index (χ0v) is 11.7. The molecule has 0 bridgehead atoms. The second kappa shape index (κ2) is 5.53. The van der Waals surface area contributed by atoms with E-state index < -0.39 is 0 Å². The molecule has 0 aromatic carbocycles. The molecule has 0 aliphatic heterocycles. The molecule has 98 valence electrons. The van der Waals surface area contributed by atoms with Gasteiger partial charge in [-0.25, -0.2) is 14.6 Å². The van der Waals surface area contributed by atoms with Gasteiger partial charge in [-0.15, -0.1) is 0 Å². The maximum absolute atomic E-state index is 5.58. The van der Waals surface area contributed by atoms with Crippen molar-refractivity contribution in [3.63, 3.8) is 0 Å². The van der Waals surface area contributed by atoms with E-state index in [1.807, 2.05) is 10.9 Å². The topological polar surface area (TPSA) is 81.7 Å². The van der Waals surface area contributed by atoms with Crippen LogP contribution < -0.4 is 11.1 Å². The Labute approximate surface area is 110 Å². The van der Waals surface area contributed by atoms with Crippen molar-refractivity contribution in [2.45, 2.75) is 31.6 Å². The van der Waals surface area contributed by atoms with Crippen LogP contribution in [0, 0.1) is 0 Å². The van der Waals surface area contributed by atoms with Gasteiger partial charge in [-0.2, -0.15) is 5.10 Å². The third kappa shape index (κ3) is 2.56. The molecular formula is C11H18N6S. The van der Waals surface area contributed by atoms with Crippen molar-refractivity contribution in [1.29, 1.82) is 0 Å². The van der Waals surface area contributed by atoms with Crippen LogP contribution >= 0.6 is 11.8 Å². The van der Waals surface area contributed by atoms with Crippen LogP contribution in [0.3, 0.4) is 0 Å². The number of thioether (sulfide) groups is 1. The summed E-state index contributed by atoms with van der Waals surface area (Å²) in [7, 11) is 0. The molecule has 2 aromatic heterocycles. The molecule has 6 nitrogen and oxygen atoms in total. The zero-order chi connectivity index (χ0) is 13.1. The Morgan fingerprint density at radius 2 is 2.22 bits per heavy atom. The Balaban J connectivity index is 2.54. The van der Waals surface area contributed by atoms with E-state index in [1.165, 1.54) is 11.8 Å². The number of hydrogen-bond acceptors (Lipinski definition) is 6. The smallest absolute Gasteiger partial charge is 0.191 e. The van der Waals surface area contributed by atoms with Crippen LogP contribution in [0.2, 0.25) is 0 Å². The van der Waals surface area contributed by atoms with Crippen molar-refractivity contribution >= 4 is 28.6 Å². The normalized spacial score (nSPS) is 11.4. The summed E-state index contributed by atoms with van der Waals surface area (Å²) in [5, 5.41) is 9.32. The summed E-state index contributed by atoms with van der Waals surface area (Å²) in [6, 6.07) is 0.315. The average Bonchev–Trinajstić information content (AvgIpc) is 2.72. The van der Waals surface area contributed by atoms with Crippen molar-refractivity contribution in [1.82, 2.24) is 19.7 Å². The number of nitrogens with one attached hydrogen (secondary N) is 1. The Bertz CT molecular complexity index is 536. The van der Waals surface area contributed by atoms with Crippen molar-refractivity contribution < 1.29 is 0 Å². The number of nitrogens with zero attached hydrogens (tertiary/aromatic N) is 4. The molecule has 0 spiro atoms. The molecule has 0 saturated carbocycles. The van der Waals surface area contributed by atoms with E-state index in [0.29, 0.717) is 19.1 Å². The lowest BCUT2D eigenvalue weighted by Gasteiger charge is -2.11. The fraction of sp³-hybridized carbons (Fsp3) is 0.545. The van der Waals surface area contributed by atoms with Crippen LogP contribution in [-0.2, 0) is 6.54 Å². The monoisotopic (exact) mass is 266 g/mol. The number of fused-ring (bicyclic) bond motifs is 1.